The molecule has 0 saturated carbocycles. The van der Waals surface area contributed by atoms with Gasteiger partial charge in [0.25, 0.3) is 0 Å². The van der Waals surface area contributed by atoms with E-state index in [1.165, 1.54) is 14.4 Å². The molecule has 0 spiro atoms. The molecule has 0 aromatic carbocycles. The number of nitrogens with zero attached hydrogens (tertiary/aromatic N) is 2. The third-order valence-corrected chi connectivity index (χ3v) is 5.33. The van der Waals surface area contributed by atoms with Crippen LogP contribution in [0.2, 0.25) is 0 Å². The van der Waals surface area contributed by atoms with Crippen molar-refractivity contribution in [1.82, 2.24) is 15.1 Å². The zero-order valence-corrected chi connectivity index (χ0v) is 14.3. The van der Waals surface area contributed by atoms with Crippen LogP contribution in [-0.4, -0.2) is 9.78 Å². The Balaban J connectivity index is 1.98. The van der Waals surface area contributed by atoms with Crippen molar-refractivity contribution in [2.45, 2.75) is 33.5 Å². The van der Waals surface area contributed by atoms with E-state index in [2.05, 4.69) is 61.3 Å². The van der Waals surface area contributed by atoms with Gasteiger partial charge in [0, 0.05) is 24.5 Å². The van der Waals surface area contributed by atoms with Gasteiger partial charge in [-0.3, -0.25) is 4.68 Å². The van der Waals surface area contributed by atoms with E-state index < -0.39 is 0 Å². The summed E-state index contributed by atoms with van der Waals surface area (Å²) in [6.45, 7) is 6.74. The summed E-state index contributed by atoms with van der Waals surface area (Å²) in [7, 11) is 0. The van der Waals surface area contributed by atoms with E-state index in [9.17, 15) is 0 Å². The monoisotopic (exact) mass is 391 g/mol. The van der Waals surface area contributed by atoms with E-state index in [4.69, 9.17) is 0 Å². The average Bonchev–Trinajstić information content (AvgIpc) is 2.87. The van der Waals surface area contributed by atoms with Crippen LogP contribution < -0.4 is 5.32 Å². The minimum absolute atomic E-state index is 0.824. The summed E-state index contributed by atoms with van der Waals surface area (Å²) >= 11 is 8.84. The van der Waals surface area contributed by atoms with Crippen LogP contribution in [0.5, 0.6) is 0 Å². The fraction of sp³-hybridized carbons (Fsp3) is 0.417. The summed E-state index contributed by atoms with van der Waals surface area (Å²) in [6, 6.07) is 4.22. The molecule has 0 aliphatic rings. The standard InChI is InChI=1S/C12H15Br2N3S/c1-3-17-10(12(14)8(2)16-17)7-15-6-9-4-5-11(13)18-9/h4-5,15H,3,6-7H2,1-2H3. The Morgan fingerprint density at radius 2 is 2.11 bits per heavy atom. The molecule has 98 valence electrons. The van der Waals surface area contributed by atoms with Crippen LogP contribution in [0.1, 0.15) is 23.2 Å². The SMILES string of the molecule is CCn1nc(C)c(Br)c1CNCc1ccc(Br)s1. The van der Waals surface area contributed by atoms with Gasteiger partial charge in [-0.25, -0.2) is 0 Å². The molecular weight excluding hydrogens is 378 g/mol. The van der Waals surface area contributed by atoms with Gasteiger partial charge in [-0.1, -0.05) is 0 Å². The molecule has 0 amide bonds. The molecule has 2 rings (SSSR count). The molecule has 2 heterocycles. The fourth-order valence-corrected chi connectivity index (χ4v) is 3.67. The summed E-state index contributed by atoms with van der Waals surface area (Å²) < 4.78 is 4.33. The minimum atomic E-state index is 0.824. The van der Waals surface area contributed by atoms with Crippen molar-refractivity contribution < 1.29 is 0 Å². The molecule has 0 fully saturated rings. The van der Waals surface area contributed by atoms with Crippen molar-refractivity contribution in [1.29, 1.82) is 0 Å². The van der Waals surface area contributed by atoms with Crippen molar-refractivity contribution in [3.8, 4) is 0 Å². The van der Waals surface area contributed by atoms with Crippen LogP contribution in [0.4, 0.5) is 0 Å². The average molecular weight is 393 g/mol. The van der Waals surface area contributed by atoms with Gasteiger partial charge >= 0.3 is 0 Å². The molecule has 0 atom stereocenters. The topological polar surface area (TPSA) is 29.9 Å². The zero-order valence-electron chi connectivity index (χ0n) is 10.3. The van der Waals surface area contributed by atoms with Gasteiger partial charge in [0.2, 0.25) is 0 Å². The highest BCUT2D eigenvalue weighted by atomic mass is 79.9. The number of thiophene rings is 1. The second-order valence-electron chi connectivity index (χ2n) is 3.97. The minimum Gasteiger partial charge on any atom is -0.306 e. The highest BCUT2D eigenvalue weighted by Gasteiger charge is 2.11. The highest BCUT2D eigenvalue weighted by molar-refractivity contribution is 9.11. The number of halogens is 2. The predicted octanol–water partition coefficient (Wildman–Crippen LogP) is 4.09. The normalized spacial score (nSPS) is 11.1. The van der Waals surface area contributed by atoms with E-state index in [1.54, 1.807) is 11.3 Å². The first-order chi connectivity index (χ1) is 8.61. The summed E-state index contributed by atoms with van der Waals surface area (Å²) in [4.78, 5) is 1.33. The first-order valence-electron chi connectivity index (χ1n) is 5.78. The van der Waals surface area contributed by atoms with Gasteiger partial charge in [0.1, 0.15) is 0 Å². The number of rotatable bonds is 5. The molecular formula is C12H15Br2N3S. The summed E-state index contributed by atoms with van der Waals surface area (Å²) in [5, 5.41) is 7.94. The number of aromatic nitrogens is 2. The van der Waals surface area contributed by atoms with E-state index in [0.717, 1.165) is 29.8 Å². The summed E-state index contributed by atoms with van der Waals surface area (Å²) in [5.74, 6) is 0. The van der Waals surface area contributed by atoms with Crippen LogP contribution in [0.15, 0.2) is 20.4 Å². The van der Waals surface area contributed by atoms with Crippen LogP contribution in [0.25, 0.3) is 0 Å². The molecule has 2 aromatic heterocycles. The Kier molecular flexibility index (Phi) is 5.00. The van der Waals surface area contributed by atoms with Crippen LogP contribution in [-0.2, 0) is 19.6 Å². The first-order valence-corrected chi connectivity index (χ1v) is 8.18. The van der Waals surface area contributed by atoms with Crippen LogP contribution >= 0.6 is 43.2 Å². The Morgan fingerprint density at radius 1 is 1.33 bits per heavy atom. The van der Waals surface area contributed by atoms with Crippen molar-refractivity contribution >= 4 is 43.2 Å². The molecule has 1 N–H and O–H groups in total. The van der Waals surface area contributed by atoms with Gasteiger partial charge in [0.15, 0.2) is 0 Å². The van der Waals surface area contributed by atoms with E-state index >= 15 is 0 Å². The second-order valence-corrected chi connectivity index (χ2v) is 7.31. The largest absolute Gasteiger partial charge is 0.306 e. The Hall–Kier alpha value is -0.170. The quantitative estimate of drug-likeness (QED) is 0.830. The van der Waals surface area contributed by atoms with E-state index in [-0.39, 0.29) is 0 Å². The lowest BCUT2D eigenvalue weighted by molar-refractivity contribution is 0.579. The van der Waals surface area contributed by atoms with Gasteiger partial charge in [0.05, 0.1) is 19.6 Å². The molecule has 0 unspecified atom stereocenters. The first kappa shape index (κ1) is 14.2. The number of aryl methyl sites for hydroxylation is 2. The Bertz CT molecular complexity index is 533. The highest BCUT2D eigenvalue weighted by Crippen LogP contribution is 2.23. The summed E-state index contributed by atoms with van der Waals surface area (Å²) in [6.07, 6.45) is 0. The maximum atomic E-state index is 4.48. The smallest absolute Gasteiger partial charge is 0.0739 e. The Labute approximate surface area is 128 Å². The Morgan fingerprint density at radius 3 is 2.72 bits per heavy atom. The van der Waals surface area contributed by atoms with E-state index in [0.29, 0.717) is 0 Å². The molecule has 0 radical (unpaired) electrons. The third-order valence-electron chi connectivity index (χ3n) is 2.67. The maximum absolute atomic E-state index is 4.48. The van der Waals surface area contributed by atoms with Crippen LogP contribution in [0, 0.1) is 6.92 Å². The van der Waals surface area contributed by atoms with Gasteiger partial charge < -0.3 is 5.32 Å². The maximum Gasteiger partial charge on any atom is 0.0739 e. The lowest BCUT2D eigenvalue weighted by atomic mass is 10.3. The second kappa shape index (κ2) is 6.32. The molecule has 3 nitrogen and oxygen atoms in total. The van der Waals surface area contributed by atoms with Crippen molar-refractivity contribution in [2.24, 2.45) is 0 Å². The van der Waals surface area contributed by atoms with Crippen molar-refractivity contribution in [2.75, 3.05) is 0 Å². The van der Waals surface area contributed by atoms with Gasteiger partial charge in [-0.05, 0) is 57.8 Å². The molecule has 0 bridgehead atoms. The number of hydrogen-bond acceptors (Lipinski definition) is 3. The molecule has 6 heteroatoms. The molecule has 0 aliphatic carbocycles. The van der Waals surface area contributed by atoms with Crippen molar-refractivity contribution in [3.05, 3.63) is 36.7 Å². The van der Waals surface area contributed by atoms with Crippen LogP contribution in [0.3, 0.4) is 0 Å². The fourth-order valence-electron chi connectivity index (χ4n) is 1.79. The third kappa shape index (κ3) is 3.23. The number of hydrogen-bond donors (Lipinski definition) is 1. The van der Waals surface area contributed by atoms with Gasteiger partial charge in [-0.15, -0.1) is 11.3 Å². The molecule has 0 aliphatic heterocycles. The lowest BCUT2D eigenvalue weighted by Gasteiger charge is -2.06. The molecule has 0 saturated heterocycles. The number of nitrogens with one attached hydrogen (secondary N) is 1. The molecule has 2 aromatic rings. The zero-order chi connectivity index (χ0) is 13.1. The summed E-state index contributed by atoms with van der Waals surface area (Å²) in [5.41, 5.74) is 2.26. The molecule has 18 heavy (non-hydrogen) atoms. The van der Waals surface area contributed by atoms with E-state index in [1.807, 2.05) is 11.6 Å². The lowest BCUT2D eigenvalue weighted by Crippen LogP contribution is -2.16. The van der Waals surface area contributed by atoms with Crippen molar-refractivity contribution in [3.63, 3.8) is 0 Å². The van der Waals surface area contributed by atoms with Gasteiger partial charge in [-0.2, -0.15) is 5.10 Å². The predicted molar refractivity (Wildman–Crippen MR) is 82.9 cm³/mol.